The second-order valence-corrected chi connectivity index (χ2v) is 3.34. The van der Waals surface area contributed by atoms with Gasteiger partial charge in [-0.15, -0.1) is 5.10 Å². The lowest BCUT2D eigenvalue weighted by molar-refractivity contribution is 0.0996. The smallest absolute Gasteiger partial charge is 0.251 e. The van der Waals surface area contributed by atoms with Crippen molar-refractivity contribution >= 4 is 17.5 Å². The molecule has 1 amide bonds. The average molecular weight is 242 g/mol. The van der Waals surface area contributed by atoms with Gasteiger partial charge in [0.1, 0.15) is 0 Å². The number of primary amides is 1. The number of aromatic amines is 1. The fraction of sp³-hybridized carbons (Fsp3) is 0. The van der Waals surface area contributed by atoms with Crippen LogP contribution < -0.4 is 5.73 Å². The van der Waals surface area contributed by atoms with Crippen LogP contribution in [0.1, 0.15) is 10.4 Å². The van der Waals surface area contributed by atoms with Crippen LogP contribution in [0.5, 0.6) is 0 Å². The van der Waals surface area contributed by atoms with Crippen molar-refractivity contribution < 1.29 is 9.18 Å². The number of carbonyl (C=O) groups excluding carboxylic acids is 1. The number of carbonyl (C=O) groups is 1. The van der Waals surface area contributed by atoms with Gasteiger partial charge in [-0.2, -0.15) is 0 Å². The highest BCUT2D eigenvalue weighted by Crippen LogP contribution is 2.25. The van der Waals surface area contributed by atoms with E-state index in [4.69, 9.17) is 17.3 Å². The molecule has 0 radical (unpaired) electrons. The van der Waals surface area contributed by atoms with E-state index in [-0.39, 0.29) is 16.4 Å². The number of tetrazole rings is 1. The maximum Gasteiger partial charge on any atom is 0.251 e. The third kappa shape index (κ3) is 1.72. The highest BCUT2D eigenvalue weighted by Gasteiger charge is 2.15. The Morgan fingerprint density at radius 1 is 1.50 bits per heavy atom. The number of halogens is 2. The zero-order valence-corrected chi connectivity index (χ0v) is 8.49. The van der Waals surface area contributed by atoms with Gasteiger partial charge in [-0.1, -0.05) is 11.6 Å². The molecule has 0 aliphatic rings. The zero-order chi connectivity index (χ0) is 11.7. The summed E-state index contributed by atoms with van der Waals surface area (Å²) in [6, 6.07) is 2.53. The van der Waals surface area contributed by atoms with E-state index in [2.05, 4.69) is 20.6 Å². The van der Waals surface area contributed by atoms with Gasteiger partial charge in [0, 0.05) is 5.56 Å². The number of aromatic nitrogens is 4. The molecule has 0 atom stereocenters. The van der Waals surface area contributed by atoms with Gasteiger partial charge in [0.25, 0.3) is 5.91 Å². The Kier molecular flexibility index (Phi) is 2.53. The minimum Gasteiger partial charge on any atom is -0.366 e. The van der Waals surface area contributed by atoms with Crippen LogP contribution in [0.15, 0.2) is 12.1 Å². The molecule has 0 unspecified atom stereocenters. The standard InChI is InChI=1S/C8H5ClFN5O/c9-5-2-3(8-12-14-15-13-8)1-4(6(5)10)7(11)16/h1-2H,(H2,11,16)(H,12,13,14,15). The number of nitrogens with one attached hydrogen (secondary N) is 1. The lowest BCUT2D eigenvalue weighted by atomic mass is 10.1. The first-order valence-corrected chi connectivity index (χ1v) is 4.50. The van der Waals surface area contributed by atoms with Crippen molar-refractivity contribution in [1.82, 2.24) is 20.6 Å². The molecule has 6 nitrogen and oxygen atoms in total. The molecular formula is C8H5ClFN5O. The minimum atomic E-state index is -0.909. The van der Waals surface area contributed by atoms with E-state index >= 15 is 0 Å². The fourth-order valence-corrected chi connectivity index (χ4v) is 1.41. The van der Waals surface area contributed by atoms with Crippen LogP contribution in [-0.4, -0.2) is 26.5 Å². The highest BCUT2D eigenvalue weighted by atomic mass is 35.5. The molecule has 0 saturated carbocycles. The fourth-order valence-electron chi connectivity index (χ4n) is 1.19. The number of hydrogen-bond donors (Lipinski definition) is 2. The number of rotatable bonds is 2. The summed E-state index contributed by atoms with van der Waals surface area (Å²) in [5.74, 6) is -1.50. The van der Waals surface area contributed by atoms with Gasteiger partial charge < -0.3 is 5.73 Å². The Bertz CT molecular complexity index is 542. The van der Waals surface area contributed by atoms with Gasteiger partial charge in [-0.3, -0.25) is 4.79 Å². The molecule has 2 aromatic rings. The van der Waals surface area contributed by atoms with Crippen LogP contribution in [0.2, 0.25) is 5.02 Å². The van der Waals surface area contributed by atoms with Gasteiger partial charge in [-0.25, -0.2) is 9.49 Å². The first kappa shape index (κ1) is 10.5. The predicted octanol–water partition coefficient (Wildman–Crippen LogP) is 0.758. The monoisotopic (exact) mass is 241 g/mol. The second-order valence-electron chi connectivity index (χ2n) is 2.93. The summed E-state index contributed by atoms with van der Waals surface area (Å²) in [5.41, 5.74) is 5.08. The van der Waals surface area contributed by atoms with Crippen molar-refractivity contribution in [3.63, 3.8) is 0 Å². The summed E-state index contributed by atoms with van der Waals surface area (Å²) in [5, 5.41) is 12.6. The Hall–Kier alpha value is -2.02. The quantitative estimate of drug-likeness (QED) is 0.811. The second kappa shape index (κ2) is 3.86. The van der Waals surface area contributed by atoms with Crippen LogP contribution in [0.4, 0.5) is 4.39 Å². The average Bonchev–Trinajstić information content (AvgIpc) is 2.74. The van der Waals surface area contributed by atoms with E-state index in [0.717, 1.165) is 0 Å². The van der Waals surface area contributed by atoms with Crippen molar-refractivity contribution in [2.24, 2.45) is 5.73 Å². The summed E-state index contributed by atoms with van der Waals surface area (Å²) in [7, 11) is 0. The summed E-state index contributed by atoms with van der Waals surface area (Å²) in [6.07, 6.45) is 0. The SMILES string of the molecule is NC(=O)c1cc(-c2nnn[nH]2)cc(Cl)c1F. The first-order valence-electron chi connectivity index (χ1n) is 4.12. The van der Waals surface area contributed by atoms with Crippen molar-refractivity contribution in [2.75, 3.05) is 0 Å². The molecule has 0 bridgehead atoms. The zero-order valence-electron chi connectivity index (χ0n) is 7.74. The third-order valence-corrected chi connectivity index (χ3v) is 2.19. The lowest BCUT2D eigenvalue weighted by Gasteiger charge is -2.03. The molecule has 0 fully saturated rings. The number of amides is 1. The lowest BCUT2D eigenvalue weighted by Crippen LogP contribution is -2.13. The topological polar surface area (TPSA) is 97.6 Å². The van der Waals surface area contributed by atoms with Gasteiger partial charge in [0.2, 0.25) is 0 Å². The maximum atomic E-state index is 13.4. The molecule has 1 aromatic carbocycles. The Morgan fingerprint density at radius 3 is 2.81 bits per heavy atom. The van der Waals surface area contributed by atoms with Gasteiger partial charge in [0.05, 0.1) is 10.6 Å². The summed E-state index contributed by atoms with van der Waals surface area (Å²) < 4.78 is 13.4. The third-order valence-electron chi connectivity index (χ3n) is 1.91. The molecule has 3 N–H and O–H groups in total. The van der Waals surface area contributed by atoms with Gasteiger partial charge in [0.15, 0.2) is 11.6 Å². The molecule has 2 rings (SSSR count). The predicted molar refractivity (Wildman–Crippen MR) is 53.1 cm³/mol. The Morgan fingerprint density at radius 2 is 2.25 bits per heavy atom. The van der Waals surface area contributed by atoms with Crippen molar-refractivity contribution in [1.29, 1.82) is 0 Å². The number of hydrogen-bond acceptors (Lipinski definition) is 4. The molecule has 82 valence electrons. The normalized spacial score (nSPS) is 10.4. The van der Waals surface area contributed by atoms with Crippen LogP contribution in [0, 0.1) is 5.82 Å². The largest absolute Gasteiger partial charge is 0.366 e. The molecule has 0 aliphatic carbocycles. The summed E-state index contributed by atoms with van der Waals surface area (Å²) >= 11 is 5.61. The van der Waals surface area contributed by atoms with E-state index < -0.39 is 11.7 Å². The van der Waals surface area contributed by atoms with E-state index in [0.29, 0.717) is 5.56 Å². The molecule has 0 spiro atoms. The molecule has 16 heavy (non-hydrogen) atoms. The number of H-pyrrole nitrogens is 1. The summed E-state index contributed by atoms with van der Waals surface area (Å²) in [6.45, 7) is 0. The molecule has 1 aromatic heterocycles. The Balaban J connectivity index is 2.62. The highest BCUT2D eigenvalue weighted by molar-refractivity contribution is 6.31. The van der Waals surface area contributed by atoms with Gasteiger partial charge in [-0.05, 0) is 22.6 Å². The Labute approximate surface area is 93.6 Å². The van der Waals surface area contributed by atoms with Gasteiger partial charge >= 0.3 is 0 Å². The summed E-state index contributed by atoms with van der Waals surface area (Å²) in [4.78, 5) is 11.0. The maximum absolute atomic E-state index is 13.4. The van der Waals surface area contributed by atoms with Crippen LogP contribution in [0.25, 0.3) is 11.4 Å². The molecule has 0 aliphatic heterocycles. The van der Waals surface area contributed by atoms with Crippen LogP contribution >= 0.6 is 11.6 Å². The van der Waals surface area contributed by atoms with Crippen molar-refractivity contribution in [3.05, 3.63) is 28.5 Å². The van der Waals surface area contributed by atoms with E-state index in [1.807, 2.05) is 0 Å². The number of nitrogens with two attached hydrogens (primary N) is 1. The number of nitrogens with zero attached hydrogens (tertiary/aromatic N) is 3. The van der Waals surface area contributed by atoms with E-state index in [1.54, 1.807) is 0 Å². The molecule has 0 saturated heterocycles. The molecule has 1 heterocycles. The van der Waals surface area contributed by atoms with Crippen molar-refractivity contribution in [2.45, 2.75) is 0 Å². The molecule has 8 heteroatoms. The van der Waals surface area contributed by atoms with E-state index in [1.165, 1.54) is 12.1 Å². The number of benzene rings is 1. The van der Waals surface area contributed by atoms with E-state index in [9.17, 15) is 9.18 Å². The van der Waals surface area contributed by atoms with Crippen molar-refractivity contribution in [3.8, 4) is 11.4 Å². The van der Waals surface area contributed by atoms with Crippen LogP contribution in [-0.2, 0) is 0 Å². The van der Waals surface area contributed by atoms with Crippen LogP contribution in [0.3, 0.4) is 0 Å². The minimum absolute atomic E-state index is 0.220. The molecular weight excluding hydrogens is 237 g/mol. The first-order chi connectivity index (χ1) is 7.59.